The first-order chi connectivity index (χ1) is 11.2. The van der Waals surface area contributed by atoms with Crippen LogP contribution in [0.2, 0.25) is 0 Å². The molecule has 7 heteroatoms. The summed E-state index contributed by atoms with van der Waals surface area (Å²) in [4.78, 5) is 36.6. The summed E-state index contributed by atoms with van der Waals surface area (Å²) in [5.74, 6) is 0.693. The average Bonchev–Trinajstić information content (AvgIpc) is 3.15. The van der Waals surface area contributed by atoms with Crippen LogP contribution >= 0.6 is 0 Å². The summed E-state index contributed by atoms with van der Waals surface area (Å²) in [6, 6.07) is 0. The Morgan fingerprint density at radius 1 is 1.17 bits per heavy atom. The maximum Gasteiger partial charge on any atom is 0.241 e. The monoisotopic (exact) mass is 317 g/mol. The summed E-state index contributed by atoms with van der Waals surface area (Å²) in [6.07, 6.45) is 8.94. The van der Waals surface area contributed by atoms with E-state index in [9.17, 15) is 9.59 Å². The fourth-order valence-corrected chi connectivity index (χ4v) is 3.24. The van der Waals surface area contributed by atoms with Crippen LogP contribution in [0, 0.1) is 5.92 Å². The molecule has 0 radical (unpaired) electrons. The second kappa shape index (κ2) is 7.39. The van der Waals surface area contributed by atoms with Crippen molar-refractivity contribution in [1.29, 1.82) is 0 Å². The topological polar surface area (TPSA) is 78.4 Å². The van der Waals surface area contributed by atoms with E-state index in [0.717, 1.165) is 51.1 Å². The van der Waals surface area contributed by atoms with E-state index in [4.69, 9.17) is 0 Å². The van der Waals surface area contributed by atoms with Crippen molar-refractivity contribution in [2.24, 2.45) is 5.92 Å². The molecule has 0 bridgehead atoms. The number of hydrogen-bond donors (Lipinski definition) is 1. The van der Waals surface area contributed by atoms with Gasteiger partial charge >= 0.3 is 0 Å². The Labute approximate surface area is 136 Å². The highest BCUT2D eigenvalue weighted by Gasteiger charge is 2.27. The molecule has 2 fully saturated rings. The van der Waals surface area contributed by atoms with Crippen molar-refractivity contribution >= 4 is 17.6 Å². The van der Waals surface area contributed by atoms with Crippen LogP contribution in [-0.4, -0.2) is 59.4 Å². The third kappa shape index (κ3) is 3.97. The first-order valence-electron chi connectivity index (χ1n) is 8.30. The van der Waals surface area contributed by atoms with Crippen molar-refractivity contribution in [3.63, 3.8) is 0 Å². The molecule has 0 spiro atoms. The smallest absolute Gasteiger partial charge is 0.241 e. The van der Waals surface area contributed by atoms with Gasteiger partial charge in [-0.3, -0.25) is 14.6 Å². The van der Waals surface area contributed by atoms with Gasteiger partial charge in [0.1, 0.15) is 5.82 Å². The minimum Gasteiger partial charge on any atom is -0.355 e. The fourth-order valence-electron chi connectivity index (χ4n) is 3.24. The minimum absolute atomic E-state index is 0.0254. The Morgan fingerprint density at radius 3 is 2.74 bits per heavy atom. The van der Waals surface area contributed by atoms with Crippen molar-refractivity contribution in [3.05, 3.63) is 18.6 Å². The zero-order chi connectivity index (χ0) is 16.1. The van der Waals surface area contributed by atoms with Crippen LogP contribution in [0.25, 0.3) is 0 Å². The lowest BCUT2D eigenvalue weighted by Crippen LogP contribution is -2.46. The van der Waals surface area contributed by atoms with E-state index in [1.807, 2.05) is 4.90 Å². The highest BCUT2D eigenvalue weighted by molar-refractivity contribution is 5.86. The standard InChI is InChI=1S/C16H23N5O2/c22-15(20-7-1-2-8-20)11-19-16(23)13-4-3-9-21(12-13)14-10-17-5-6-18-14/h5-6,10,13H,1-4,7-9,11-12H2,(H,19,23). The van der Waals surface area contributed by atoms with E-state index in [1.165, 1.54) is 0 Å². The molecule has 1 aromatic heterocycles. The number of rotatable bonds is 4. The molecule has 0 aromatic carbocycles. The SMILES string of the molecule is O=C(NCC(=O)N1CCCC1)C1CCCN(c2cnccn2)C1. The summed E-state index contributed by atoms with van der Waals surface area (Å²) < 4.78 is 0. The molecule has 3 heterocycles. The summed E-state index contributed by atoms with van der Waals surface area (Å²) in [7, 11) is 0. The predicted molar refractivity (Wildman–Crippen MR) is 85.8 cm³/mol. The lowest BCUT2D eigenvalue weighted by molar-refractivity contribution is -0.133. The first-order valence-corrected chi connectivity index (χ1v) is 8.30. The summed E-state index contributed by atoms with van der Waals surface area (Å²) in [6.45, 7) is 3.26. The van der Waals surface area contributed by atoms with Gasteiger partial charge in [0.2, 0.25) is 11.8 Å². The van der Waals surface area contributed by atoms with Crippen molar-refractivity contribution in [2.75, 3.05) is 37.6 Å². The van der Waals surface area contributed by atoms with Gasteiger partial charge in [0.05, 0.1) is 18.7 Å². The molecule has 2 aliphatic rings. The maximum absolute atomic E-state index is 12.3. The Kier molecular flexibility index (Phi) is 5.05. The van der Waals surface area contributed by atoms with Crippen molar-refractivity contribution in [3.8, 4) is 0 Å². The molecule has 23 heavy (non-hydrogen) atoms. The summed E-state index contributed by atoms with van der Waals surface area (Å²) in [5, 5.41) is 2.81. The highest BCUT2D eigenvalue weighted by atomic mass is 16.2. The molecule has 1 aromatic rings. The number of piperidine rings is 1. The van der Waals surface area contributed by atoms with Crippen molar-refractivity contribution in [2.45, 2.75) is 25.7 Å². The molecule has 0 aliphatic carbocycles. The third-order valence-electron chi connectivity index (χ3n) is 4.54. The first kappa shape index (κ1) is 15.7. The zero-order valence-electron chi connectivity index (χ0n) is 13.3. The number of likely N-dealkylation sites (tertiary alicyclic amines) is 1. The lowest BCUT2D eigenvalue weighted by Gasteiger charge is -2.32. The van der Waals surface area contributed by atoms with Gasteiger partial charge in [-0.15, -0.1) is 0 Å². The number of anilines is 1. The number of nitrogens with zero attached hydrogens (tertiary/aromatic N) is 4. The molecule has 0 saturated carbocycles. The van der Waals surface area contributed by atoms with Crippen LogP contribution in [0.5, 0.6) is 0 Å². The number of nitrogens with one attached hydrogen (secondary N) is 1. The molecule has 2 saturated heterocycles. The Balaban J connectivity index is 1.50. The van der Waals surface area contributed by atoms with Gasteiger partial charge in [-0.25, -0.2) is 4.98 Å². The third-order valence-corrected chi connectivity index (χ3v) is 4.54. The second-order valence-corrected chi connectivity index (χ2v) is 6.15. The van der Waals surface area contributed by atoms with E-state index >= 15 is 0 Å². The zero-order valence-corrected chi connectivity index (χ0v) is 13.3. The van der Waals surface area contributed by atoms with Gasteiger partial charge in [-0.05, 0) is 25.7 Å². The van der Waals surface area contributed by atoms with E-state index < -0.39 is 0 Å². The number of hydrogen-bond acceptors (Lipinski definition) is 5. The molecule has 124 valence electrons. The predicted octanol–water partition coefficient (Wildman–Crippen LogP) is 0.432. The molecule has 1 N–H and O–H groups in total. The summed E-state index contributed by atoms with van der Waals surface area (Å²) in [5.41, 5.74) is 0. The summed E-state index contributed by atoms with van der Waals surface area (Å²) >= 11 is 0. The molecule has 3 rings (SSSR count). The molecule has 2 amide bonds. The maximum atomic E-state index is 12.3. The van der Waals surface area contributed by atoms with Crippen molar-refractivity contribution in [1.82, 2.24) is 20.2 Å². The Bertz CT molecular complexity index is 545. The number of carbonyl (C=O) groups excluding carboxylic acids is 2. The van der Waals surface area contributed by atoms with Crippen LogP contribution in [0.3, 0.4) is 0 Å². The normalized spacial score (nSPS) is 21.3. The van der Waals surface area contributed by atoms with Gasteiger partial charge in [0, 0.05) is 38.6 Å². The van der Waals surface area contributed by atoms with Crippen molar-refractivity contribution < 1.29 is 9.59 Å². The number of amides is 2. The van der Waals surface area contributed by atoms with Gasteiger partial charge in [-0.2, -0.15) is 0 Å². The largest absolute Gasteiger partial charge is 0.355 e. The minimum atomic E-state index is -0.0999. The highest BCUT2D eigenvalue weighted by Crippen LogP contribution is 2.20. The number of aromatic nitrogens is 2. The van der Waals surface area contributed by atoms with E-state index in [1.54, 1.807) is 18.6 Å². The van der Waals surface area contributed by atoms with Gasteiger partial charge in [0.15, 0.2) is 0 Å². The molecular weight excluding hydrogens is 294 g/mol. The fraction of sp³-hybridized carbons (Fsp3) is 0.625. The second-order valence-electron chi connectivity index (χ2n) is 6.15. The molecule has 7 nitrogen and oxygen atoms in total. The molecule has 2 aliphatic heterocycles. The van der Waals surface area contributed by atoms with Gasteiger partial charge in [-0.1, -0.05) is 0 Å². The van der Waals surface area contributed by atoms with E-state index in [2.05, 4.69) is 20.2 Å². The van der Waals surface area contributed by atoms with Crippen LogP contribution in [-0.2, 0) is 9.59 Å². The molecule has 1 unspecified atom stereocenters. The van der Waals surface area contributed by atoms with Gasteiger partial charge in [0.25, 0.3) is 0 Å². The van der Waals surface area contributed by atoms with Crippen LogP contribution < -0.4 is 10.2 Å². The lowest BCUT2D eigenvalue weighted by atomic mass is 9.97. The Hall–Kier alpha value is -2.18. The quantitative estimate of drug-likeness (QED) is 0.871. The van der Waals surface area contributed by atoms with E-state index in [0.29, 0.717) is 6.54 Å². The van der Waals surface area contributed by atoms with Crippen LogP contribution in [0.1, 0.15) is 25.7 Å². The van der Waals surface area contributed by atoms with Gasteiger partial charge < -0.3 is 15.1 Å². The van der Waals surface area contributed by atoms with Crippen LogP contribution in [0.15, 0.2) is 18.6 Å². The molecule has 1 atom stereocenters. The number of carbonyl (C=O) groups is 2. The van der Waals surface area contributed by atoms with E-state index in [-0.39, 0.29) is 24.3 Å². The average molecular weight is 317 g/mol. The molecular formula is C16H23N5O2. The Morgan fingerprint density at radius 2 is 2.00 bits per heavy atom. The van der Waals surface area contributed by atoms with Crippen LogP contribution in [0.4, 0.5) is 5.82 Å².